The van der Waals surface area contributed by atoms with Crippen LogP contribution in [0, 0.1) is 17.6 Å². The van der Waals surface area contributed by atoms with Crippen molar-refractivity contribution in [1.29, 1.82) is 0 Å². The Morgan fingerprint density at radius 2 is 1.94 bits per heavy atom. The van der Waals surface area contributed by atoms with E-state index in [0.717, 1.165) is 12.1 Å². The highest BCUT2D eigenvalue weighted by molar-refractivity contribution is 6.30. The van der Waals surface area contributed by atoms with Crippen LogP contribution >= 0.6 is 24.0 Å². The van der Waals surface area contributed by atoms with Crippen LogP contribution in [-0.4, -0.2) is 13.2 Å². The maximum atomic E-state index is 13.4. The van der Waals surface area contributed by atoms with E-state index in [2.05, 4.69) is 0 Å². The van der Waals surface area contributed by atoms with E-state index in [-0.39, 0.29) is 28.9 Å². The van der Waals surface area contributed by atoms with E-state index < -0.39 is 17.7 Å². The molecule has 90 valence electrons. The van der Waals surface area contributed by atoms with Gasteiger partial charge in [0.1, 0.15) is 11.6 Å². The molecule has 0 amide bonds. The number of hydrogen-bond acceptors (Lipinski definition) is 2. The van der Waals surface area contributed by atoms with Gasteiger partial charge in [0.25, 0.3) is 0 Å². The van der Waals surface area contributed by atoms with Crippen LogP contribution in [0.25, 0.3) is 0 Å². The molecule has 0 radical (unpaired) electrons. The summed E-state index contributed by atoms with van der Waals surface area (Å²) in [5.74, 6) is -1.16. The Balaban J connectivity index is 0.00000128. The van der Waals surface area contributed by atoms with Crippen molar-refractivity contribution < 1.29 is 13.5 Å². The van der Waals surface area contributed by atoms with Gasteiger partial charge in [0.05, 0.1) is 18.2 Å². The van der Waals surface area contributed by atoms with E-state index in [9.17, 15) is 8.78 Å². The number of nitrogens with two attached hydrogens (primary N) is 1. The number of hydrogen-bond donors (Lipinski definition) is 1. The van der Waals surface area contributed by atoms with Gasteiger partial charge in [0, 0.05) is 17.5 Å². The average molecular weight is 270 g/mol. The van der Waals surface area contributed by atoms with Crippen LogP contribution < -0.4 is 5.73 Å². The smallest absolute Gasteiger partial charge is 0.142 e. The van der Waals surface area contributed by atoms with Crippen molar-refractivity contribution in [3.63, 3.8) is 0 Å². The minimum absolute atomic E-state index is 0. The minimum atomic E-state index is -0.649. The molecule has 2 rings (SSSR count). The standard InChI is InChI=1S/C10H10ClF2NO.ClH/c11-7-2-8(12)6(1-9(7)13)10(14)5-3-15-4-5;/h1-2,5,10H,3-4,14H2;1H/t10-;/m1./s1. The van der Waals surface area contributed by atoms with E-state index in [1.54, 1.807) is 0 Å². The van der Waals surface area contributed by atoms with Crippen molar-refractivity contribution in [3.8, 4) is 0 Å². The van der Waals surface area contributed by atoms with Gasteiger partial charge in [-0.15, -0.1) is 12.4 Å². The summed E-state index contributed by atoms with van der Waals surface area (Å²) in [4.78, 5) is 0. The highest BCUT2D eigenvalue weighted by atomic mass is 35.5. The van der Waals surface area contributed by atoms with Crippen LogP contribution in [0.2, 0.25) is 5.02 Å². The van der Waals surface area contributed by atoms with Crippen molar-refractivity contribution in [1.82, 2.24) is 0 Å². The van der Waals surface area contributed by atoms with Crippen molar-refractivity contribution >= 4 is 24.0 Å². The van der Waals surface area contributed by atoms with Crippen LogP contribution in [0.15, 0.2) is 12.1 Å². The third-order valence-electron chi connectivity index (χ3n) is 2.57. The molecular weight excluding hydrogens is 259 g/mol. The summed E-state index contributed by atoms with van der Waals surface area (Å²) in [7, 11) is 0. The Hall–Kier alpha value is -0.420. The third kappa shape index (κ3) is 2.46. The topological polar surface area (TPSA) is 35.2 Å². The molecule has 16 heavy (non-hydrogen) atoms. The molecular formula is C10H11Cl2F2NO. The quantitative estimate of drug-likeness (QED) is 0.838. The fraction of sp³-hybridized carbons (Fsp3) is 0.400. The lowest BCUT2D eigenvalue weighted by atomic mass is 9.92. The van der Waals surface area contributed by atoms with E-state index in [1.165, 1.54) is 0 Å². The zero-order valence-electron chi connectivity index (χ0n) is 8.25. The molecule has 1 aliphatic heterocycles. The van der Waals surface area contributed by atoms with Gasteiger partial charge in [0.2, 0.25) is 0 Å². The number of halogens is 4. The molecule has 0 spiro atoms. The molecule has 1 saturated heterocycles. The van der Waals surface area contributed by atoms with Gasteiger partial charge in [-0.25, -0.2) is 8.78 Å². The maximum Gasteiger partial charge on any atom is 0.142 e. The van der Waals surface area contributed by atoms with E-state index >= 15 is 0 Å². The molecule has 1 aromatic carbocycles. The first-order valence-corrected chi connectivity index (χ1v) is 4.95. The molecule has 0 aliphatic carbocycles. The minimum Gasteiger partial charge on any atom is -0.381 e. The first-order valence-electron chi connectivity index (χ1n) is 4.57. The summed E-state index contributed by atoms with van der Waals surface area (Å²) in [5, 5.41) is -0.228. The summed E-state index contributed by atoms with van der Waals surface area (Å²) in [6.07, 6.45) is 0. The van der Waals surface area contributed by atoms with Gasteiger partial charge < -0.3 is 10.5 Å². The van der Waals surface area contributed by atoms with Gasteiger partial charge in [-0.05, 0) is 12.1 Å². The second-order valence-corrected chi connectivity index (χ2v) is 4.02. The molecule has 2 N–H and O–H groups in total. The van der Waals surface area contributed by atoms with Crippen LogP contribution in [0.5, 0.6) is 0 Å². The molecule has 1 heterocycles. The summed E-state index contributed by atoms with van der Waals surface area (Å²) < 4.78 is 31.5. The summed E-state index contributed by atoms with van der Waals surface area (Å²) >= 11 is 5.44. The fourth-order valence-corrected chi connectivity index (χ4v) is 1.66. The fourth-order valence-electron chi connectivity index (χ4n) is 1.51. The average Bonchev–Trinajstić information content (AvgIpc) is 2.08. The molecule has 0 unspecified atom stereocenters. The Morgan fingerprint density at radius 1 is 1.31 bits per heavy atom. The van der Waals surface area contributed by atoms with Gasteiger partial charge in [-0.2, -0.15) is 0 Å². The second-order valence-electron chi connectivity index (χ2n) is 3.61. The molecule has 0 bridgehead atoms. The first kappa shape index (κ1) is 13.6. The Morgan fingerprint density at radius 3 is 2.44 bits per heavy atom. The van der Waals surface area contributed by atoms with Crippen molar-refractivity contribution in [2.75, 3.05) is 13.2 Å². The van der Waals surface area contributed by atoms with Crippen molar-refractivity contribution in [2.45, 2.75) is 6.04 Å². The van der Waals surface area contributed by atoms with Gasteiger partial charge in [0.15, 0.2) is 0 Å². The molecule has 2 nitrogen and oxygen atoms in total. The normalized spacial score (nSPS) is 17.5. The van der Waals surface area contributed by atoms with E-state index in [4.69, 9.17) is 22.1 Å². The Bertz CT molecular complexity index is 385. The maximum absolute atomic E-state index is 13.4. The summed E-state index contributed by atoms with van der Waals surface area (Å²) in [5.41, 5.74) is 5.95. The first-order chi connectivity index (χ1) is 7.09. The lowest BCUT2D eigenvalue weighted by molar-refractivity contribution is -0.0446. The van der Waals surface area contributed by atoms with Gasteiger partial charge in [-0.3, -0.25) is 0 Å². The van der Waals surface area contributed by atoms with Gasteiger partial charge >= 0.3 is 0 Å². The van der Waals surface area contributed by atoms with Crippen LogP contribution in [0.4, 0.5) is 8.78 Å². The van der Waals surface area contributed by atoms with Crippen LogP contribution in [-0.2, 0) is 4.74 Å². The number of ether oxygens (including phenoxy) is 1. The van der Waals surface area contributed by atoms with Crippen LogP contribution in [0.3, 0.4) is 0 Å². The largest absolute Gasteiger partial charge is 0.381 e. The molecule has 6 heteroatoms. The molecule has 1 atom stereocenters. The zero-order valence-corrected chi connectivity index (χ0v) is 9.82. The summed E-state index contributed by atoms with van der Waals surface area (Å²) in [6.45, 7) is 0.982. The molecule has 0 aromatic heterocycles. The molecule has 1 aromatic rings. The monoisotopic (exact) mass is 269 g/mol. The number of rotatable bonds is 2. The predicted molar refractivity (Wildman–Crippen MR) is 59.9 cm³/mol. The van der Waals surface area contributed by atoms with Crippen molar-refractivity contribution in [2.24, 2.45) is 11.7 Å². The second kappa shape index (κ2) is 5.27. The highest BCUT2D eigenvalue weighted by Crippen LogP contribution is 2.30. The highest BCUT2D eigenvalue weighted by Gasteiger charge is 2.29. The molecule has 1 fully saturated rings. The molecule has 1 aliphatic rings. The van der Waals surface area contributed by atoms with Crippen LogP contribution in [0.1, 0.15) is 11.6 Å². The predicted octanol–water partition coefficient (Wildman–Crippen LogP) is 2.69. The summed E-state index contributed by atoms with van der Waals surface area (Å²) in [6, 6.07) is 1.47. The third-order valence-corrected chi connectivity index (χ3v) is 2.86. The van der Waals surface area contributed by atoms with Gasteiger partial charge in [-0.1, -0.05) is 11.6 Å². The Kier molecular flexibility index (Phi) is 4.50. The molecule has 0 saturated carbocycles. The SMILES string of the molecule is Cl.N[C@@H](c1cc(F)c(Cl)cc1F)C1COC1. The van der Waals surface area contributed by atoms with E-state index in [1.807, 2.05) is 0 Å². The number of benzene rings is 1. The van der Waals surface area contributed by atoms with E-state index in [0.29, 0.717) is 13.2 Å². The lowest BCUT2D eigenvalue weighted by Gasteiger charge is -2.31. The lowest BCUT2D eigenvalue weighted by Crippen LogP contribution is -2.37. The van der Waals surface area contributed by atoms with Crippen molar-refractivity contribution in [3.05, 3.63) is 34.4 Å². The zero-order chi connectivity index (χ0) is 11.0. The Labute approximate surface area is 103 Å².